The molecule has 0 atom stereocenters. The maximum absolute atomic E-state index is 13.8. The van der Waals surface area contributed by atoms with Crippen LogP contribution in [0.4, 0.5) is 15.8 Å². The molecule has 5 heteroatoms. The van der Waals surface area contributed by atoms with Gasteiger partial charge in [0.15, 0.2) is 0 Å². The third kappa shape index (κ3) is 2.88. The standard InChI is InChI=1S/C17H13FN2O2/c18-13-6-2-4-8-15(13)20-16-9-11(10-17(21)22)19-14-7-3-1-5-12(14)16/h1-9H,10H2,(H,19,20)(H,21,22). The van der Waals surface area contributed by atoms with E-state index in [0.717, 1.165) is 5.39 Å². The van der Waals surface area contributed by atoms with E-state index in [1.54, 1.807) is 30.3 Å². The Balaban J connectivity index is 2.10. The Hall–Kier alpha value is -2.95. The molecule has 2 aromatic carbocycles. The Morgan fingerprint density at radius 2 is 1.82 bits per heavy atom. The first-order valence-electron chi connectivity index (χ1n) is 6.75. The zero-order valence-electron chi connectivity index (χ0n) is 11.6. The van der Waals surface area contributed by atoms with Crippen molar-refractivity contribution in [2.45, 2.75) is 6.42 Å². The van der Waals surface area contributed by atoms with E-state index in [1.807, 2.05) is 18.2 Å². The molecular weight excluding hydrogens is 283 g/mol. The summed E-state index contributed by atoms with van der Waals surface area (Å²) in [6.45, 7) is 0. The first kappa shape index (κ1) is 14.0. The van der Waals surface area contributed by atoms with E-state index in [4.69, 9.17) is 5.11 Å². The molecular formula is C17H13FN2O2. The number of rotatable bonds is 4. The summed E-state index contributed by atoms with van der Waals surface area (Å²) in [4.78, 5) is 15.2. The summed E-state index contributed by atoms with van der Waals surface area (Å²) < 4.78 is 13.8. The zero-order chi connectivity index (χ0) is 15.5. The lowest BCUT2D eigenvalue weighted by atomic mass is 10.1. The number of hydrogen-bond donors (Lipinski definition) is 2. The summed E-state index contributed by atoms with van der Waals surface area (Å²) in [5.74, 6) is -1.33. The Bertz CT molecular complexity index is 849. The molecule has 0 amide bonds. The molecule has 2 N–H and O–H groups in total. The van der Waals surface area contributed by atoms with E-state index >= 15 is 0 Å². The van der Waals surface area contributed by atoms with Crippen molar-refractivity contribution >= 4 is 28.2 Å². The van der Waals surface area contributed by atoms with Crippen molar-refractivity contribution in [1.82, 2.24) is 4.98 Å². The van der Waals surface area contributed by atoms with Crippen LogP contribution in [0.15, 0.2) is 54.6 Å². The molecule has 0 radical (unpaired) electrons. The average Bonchev–Trinajstić information content (AvgIpc) is 2.49. The second-order valence-electron chi connectivity index (χ2n) is 4.85. The van der Waals surface area contributed by atoms with Crippen molar-refractivity contribution in [3.05, 3.63) is 66.1 Å². The van der Waals surface area contributed by atoms with Crippen LogP contribution in [0, 0.1) is 5.82 Å². The minimum absolute atomic E-state index is 0.184. The molecule has 22 heavy (non-hydrogen) atoms. The molecule has 0 aliphatic carbocycles. The molecule has 110 valence electrons. The van der Waals surface area contributed by atoms with Gasteiger partial charge in [0.25, 0.3) is 0 Å². The van der Waals surface area contributed by atoms with Gasteiger partial charge in [0.05, 0.1) is 23.3 Å². The monoisotopic (exact) mass is 296 g/mol. The van der Waals surface area contributed by atoms with Crippen LogP contribution < -0.4 is 5.32 Å². The van der Waals surface area contributed by atoms with Crippen LogP contribution in [0.2, 0.25) is 0 Å². The number of hydrogen-bond acceptors (Lipinski definition) is 3. The number of fused-ring (bicyclic) bond motifs is 1. The lowest BCUT2D eigenvalue weighted by Crippen LogP contribution is -2.04. The van der Waals surface area contributed by atoms with Gasteiger partial charge in [-0.1, -0.05) is 30.3 Å². The van der Waals surface area contributed by atoms with Gasteiger partial charge in [-0.15, -0.1) is 0 Å². The Morgan fingerprint density at radius 1 is 1.09 bits per heavy atom. The number of para-hydroxylation sites is 2. The first-order valence-corrected chi connectivity index (χ1v) is 6.75. The van der Waals surface area contributed by atoms with Crippen LogP contribution in [0.25, 0.3) is 10.9 Å². The number of anilines is 2. The molecule has 0 aliphatic rings. The predicted molar refractivity (Wildman–Crippen MR) is 82.8 cm³/mol. The Labute approximate surface area is 126 Å². The molecule has 0 aliphatic heterocycles. The fourth-order valence-corrected chi connectivity index (χ4v) is 2.29. The number of pyridine rings is 1. The number of aromatic nitrogens is 1. The molecule has 3 rings (SSSR count). The maximum Gasteiger partial charge on any atom is 0.309 e. The molecule has 4 nitrogen and oxygen atoms in total. The number of nitrogens with one attached hydrogen (secondary N) is 1. The van der Waals surface area contributed by atoms with Crippen molar-refractivity contribution < 1.29 is 14.3 Å². The lowest BCUT2D eigenvalue weighted by Gasteiger charge is -2.12. The van der Waals surface area contributed by atoms with Gasteiger partial charge in [-0.25, -0.2) is 4.39 Å². The SMILES string of the molecule is O=C(O)Cc1cc(Nc2ccccc2F)c2ccccc2n1. The smallest absolute Gasteiger partial charge is 0.309 e. The van der Waals surface area contributed by atoms with Gasteiger partial charge < -0.3 is 10.4 Å². The second kappa shape index (κ2) is 5.81. The largest absolute Gasteiger partial charge is 0.481 e. The summed E-state index contributed by atoms with van der Waals surface area (Å²) in [6, 6.07) is 15.3. The summed E-state index contributed by atoms with van der Waals surface area (Å²) in [5, 5.41) is 12.8. The molecule has 0 saturated carbocycles. The average molecular weight is 296 g/mol. The van der Waals surface area contributed by atoms with E-state index in [2.05, 4.69) is 10.3 Å². The number of carboxylic acid groups (broad SMARTS) is 1. The first-order chi connectivity index (χ1) is 10.6. The van der Waals surface area contributed by atoms with Gasteiger partial charge in [0.1, 0.15) is 5.82 Å². The van der Waals surface area contributed by atoms with Crippen molar-refractivity contribution in [3.63, 3.8) is 0 Å². The maximum atomic E-state index is 13.8. The number of carboxylic acids is 1. The van der Waals surface area contributed by atoms with Gasteiger partial charge in [0, 0.05) is 11.1 Å². The highest BCUT2D eigenvalue weighted by atomic mass is 19.1. The number of benzene rings is 2. The highest BCUT2D eigenvalue weighted by Gasteiger charge is 2.10. The molecule has 0 spiro atoms. The normalized spacial score (nSPS) is 10.6. The number of nitrogens with zero attached hydrogens (tertiary/aromatic N) is 1. The minimum atomic E-state index is -0.959. The van der Waals surface area contributed by atoms with E-state index in [1.165, 1.54) is 6.07 Å². The van der Waals surface area contributed by atoms with Crippen molar-refractivity contribution in [2.75, 3.05) is 5.32 Å². The molecule has 1 aromatic heterocycles. The van der Waals surface area contributed by atoms with Gasteiger partial charge in [-0.05, 0) is 24.3 Å². The molecule has 1 heterocycles. The van der Waals surface area contributed by atoms with E-state index in [0.29, 0.717) is 22.6 Å². The molecule has 0 saturated heterocycles. The quantitative estimate of drug-likeness (QED) is 0.770. The Morgan fingerprint density at radius 3 is 2.59 bits per heavy atom. The van der Waals surface area contributed by atoms with Crippen LogP contribution in [-0.2, 0) is 11.2 Å². The second-order valence-corrected chi connectivity index (χ2v) is 4.85. The summed E-state index contributed by atoms with van der Waals surface area (Å²) in [5.41, 5.74) is 2.05. The minimum Gasteiger partial charge on any atom is -0.481 e. The molecule has 0 bridgehead atoms. The molecule has 0 fully saturated rings. The van der Waals surface area contributed by atoms with Crippen LogP contribution in [-0.4, -0.2) is 16.1 Å². The lowest BCUT2D eigenvalue weighted by molar-refractivity contribution is -0.136. The van der Waals surface area contributed by atoms with Gasteiger partial charge in [0.2, 0.25) is 0 Å². The summed E-state index contributed by atoms with van der Waals surface area (Å²) in [7, 11) is 0. The summed E-state index contributed by atoms with van der Waals surface area (Å²) >= 11 is 0. The number of aliphatic carboxylic acids is 1. The van der Waals surface area contributed by atoms with E-state index in [9.17, 15) is 9.18 Å². The van der Waals surface area contributed by atoms with Crippen LogP contribution in [0.3, 0.4) is 0 Å². The zero-order valence-corrected chi connectivity index (χ0v) is 11.6. The van der Waals surface area contributed by atoms with E-state index < -0.39 is 5.97 Å². The predicted octanol–water partition coefficient (Wildman–Crippen LogP) is 3.74. The van der Waals surface area contributed by atoms with Crippen LogP contribution in [0.5, 0.6) is 0 Å². The van der Waals surface area contributed by atoms with Crippen molar-refractivity contribution in [1.29, 1.82) is 0 Å². The van der Waals surface area contributed by atoms with Crippen molar-refractivity contribution in [3.8, 4) is 0 Å². The van der Waals surface area contributed by atoms with E-state index in [-0.39, 0.29) is 12.2 Å². The molecule has 0 unspecified atom stereocenters. The van der Waals surface area contributed by atoms with Crippen molar-refractivity contribution in [2.24, 2.45) is 0 Å². The summed E-state index contributed by atoms with van der Waals surface area (Å²) in [6.07, 6.45) is -0.184. The van der Waals surface area contributed by atoms with Crippen LogP contribution >= 0.6 is 0 Å². The van der Waals surface area contributed by atoms with Crippen LogP contribution in [0.1, 0.15) is 5.69 Å². The number of carbonyl (C=O) groups is 1. The Kier molecular flexibility index (Phi) is 3.70. The highest BCUT2D eigenvalue weighted by molar-refractivity contribution is 5.93. The third-order valence-electron chi connectivity index (χ3n) is 3.24. The fourth-order valence-electron chi connectivity index (χ4n) is 2.29. The molecule has 3 aromatic rings. The third-order valence-corrected chi connectivity index (χ3v) is 3.24. The van der Waals surface area contributed by atoms with Gasteiger partial charge in [-0.3, -0.25) is 9.78 Å². The number of halogens is 1. The van der Waals surface area contributed by atoms with Gasteiger partial charge >= 0.3 is 5.97 Å². The highest BCUT2D eigenvalue weighted by Crippen LogP contribution is 2.27. The topological polar surface area (TPSA) is 62.2 Å². The fraction of sp³-hybridized carbons (Fsp3) is 0.0588. The van der Waals surface area contributed by atoms with Gasteiger partial charge in [-0.2, -0.15) is 0 Å².